The summed E-state index contributed by atoms with van der Waals surface area (Å²) in [6, 6.07) is 12.3. The molecule has 0 aliphatic carbocycles. The van der Waals surface area contributed by atoms with Gasteiger partial charge in [-0.25, -0.2) is 17.5 Å². The number of aliphatic carboxylic acids is 1. The largest absolute Gasteiger partial charge is 0.481 e. The number of carbonyl (C=O) groups excluding carboxylic acids is 1. The highest BCUT2D eigenvalue weighted by molar-refractivity contribution is 7.89. The Morgan fingerprint density at radius 3 is 2.32 bits per heavy atom. The number of benzene rings is 3. The molecule has 0 fully saturated rings. The molecule has 0 aromatic heterocycles. The van der Waals surface area contributed by atoms with E-state index in [0.29, 0.717) is 16.3 Å². The number of fused-ring (bicyclic) bond motifs is 1. The molecule has 0 aliphatic rings. The zero-order chi connectivity index (χ0) is 20.5. The van der Waals surface area contributed by atoms with Crippen molar-refractivity contribution < 1.29 is 27.5 Å². The monoisotopic (exact) mass is 401 g/mol. The minimum Gasteiger partial charge on any atom is -0.481 e. The first kappa shape index (κ1) is 19.7. The lowest BCUT2D eigenvalue weighted by molar-refractivity contribution is -0.136. The van der Waals surface area contributed by atoms with E-state index in [9.17, 15) is 22.4 Å². The maximum absolute atomic E-state index is 13.7. The summed E-state index contributed by atoms with van der Waals surface area (Å²) in [7, 11) is -2.36. The van der Waals surface area contributed by atoms with Gasteiger partial charge in [-0.1, -0.05) is 12.1 Å². The zero-order valence-corrected chi connectivity index (χ0v) is 15.6. The lowest BCUT2D eigenvalue weighted by Gasteiger charge is -2.10. The fourth-order valence-electron chi connectivity index (χ4n) is 2.92. The first-order valence-electron chi connectivity index (χ1n) is 8.23. The molecule has 2 N–H and O–H groups in total. The van der Waals surface area contributed by atoms with Crippen molar-refractivity contribution >= 4 is 32.5 Å². The number of sulfonamides is 1. The Kier molecular flexibility index (Phi) is 5.26. The Morgan fingerprint density at radius 1 is 1.04 bits per heavy atom. The quantitative estimate of drug-likeness (QED) is 0.619. The molecule has 0 atom stereocenters. The molecule has 3 rings (SSSR count). The van der Waals surface area contributed by atoms with Gasteiger partial charge < -0.3 is 5.11 Å². The minimum absolute atomic E-state index is 0.00193. The SMILES string of the molecule is CNS(=O)(=O)c1ccc(C(=O)c2cc(CC(=O)O)cc3ccc(F)cc23)cc1. The molecular formula is C20H16FNO5S. The van der Waals surface area contributed by atoms with Gasteiger partial charge in [-0.15, -0.1) is 0 Å². The van der Waals surface area contributed by atoms with Crippen LogP contribution in [0.1, 0.15) is 21.5 Å². The number of rotatable bonds is 6. The van der Waals surface area contributed by atoms with Gasteiger partial charge in [-0.2, -0.15) is 0 Å². The van der Waals surface area contributed by atoms with Crippen LogP contribution in [0.3, 0.4) is 0 Å². The minimum atomic E-state index is -3.64. The Bertz CT molecular complexity index is 1190. The Morgan fingerprint density at radius 2 is 1.71 bits per heavy atom. The van der Waals surface area contributed by atoms with E-state index >= 15 is 0 Å². The second-order valence-electron chi connectivity index (χ2n) is 6.14. The van der Waals surface area contributed by atoms with Crippen molar-refractivity contribution in [1.82, 2.24) is 4.72 Å². The molecule has 8 heteroatoms. The molecule has 0 heterocycles. The van der Waals surface area contributed by atoms with Crippen LogP contribution in [0.25, 0.3) is 10.8 Å². The fourth-order valence-corrected chi connectivity index (χ4v) is 3.65. The van der Waals surface area contributed by atoms with Crippen LogP contribution < -0.4 is 4.72 Å². The molecule has 3 aromatic rings. The number of halogens is 1. The third-order valence-corrected chi connectivity index (χ3v) is 5.70. The van der Waals surface area contributed by atoms with E-state index < -0.39 is 27.6 Å². The van der Waals surface area contributed by atoms with Crippen LogP contribution in [-0.4, -0.2) is 32.3 Å². The molecule has 0 radical (unpaired) electrons. The summed E-state index contributed by atoms with van der Waals surface area (Å²) in [6.07, 6.45) is -0.285. The number of carboxylic acids is 1. The van der Waals surface area contributed by atoms with E-state index in [0.717, 1.165) is 0 Å². The zero-order valence-electron chi connectivity index (χ0n) is 14.8. The number of carboxylic acid groups (broad SMARTS) is 1. The summed E-state index contributed by atoms with van der Waals surface area (Å²) in [6.45, 7) is 0. The number of nitrogens with one attached hydrogen (secondary N) is 1. The van der Waals surface area contributed by atoms with Crippen LogP contribution in [0.5, 0.6) is 0 Å². The van der Waals surface area contributed by atoms with E-state index in [1.165, 1.54) is 55.6 Å². The average molecular weight is 401 g/mol. The van der Waals surface area contributed by atoms with Crippen LogP contribution in [0.4, 0.5) is 4.39 Å². The Hall–Kier alpha value is -3.10. The van der Waals surface area contributed by atoms with Gasteiger partial charge in [-0.3, -0.25) is 9.59 Å². The van der Waals surface area contributed by atoms with Crippen molar-refractivity contribution in [1.29, 1.82) is 0 Å². The summed E-state index contributed by atoms with van der Waals surface area (Å²) < 4.78 is 39.6. The Balaban J connectivity index is 2.12. The molecule has 0 bridgehead atoms. The van der Waals surface area contributed by atoms with E-state index in [2.05, 4.69) is 4.72 Å². The lowest BCUT2D eigenvalue weighted by Crippen LogP contribution is -2.18. The third-order valence-electron chi connectivity index (χ3n) is 4.27. The number of ketones is 1. The van der Waals surface area contributed by atoms with Gasteiger partial charge in [0.05, 0.1) is 11.3 Å². The predicted octanol–water partition coefficient (Wildman–Crippen LogP) is 2.75. The van der Waals surface area contributed by atoms with Crippen molar-refractivity contribution in [3.8, 4) is 0 Å². The maximum Gasteiger partial charge on any atom is 0.307 e. The van der Waals surface area contributed by atoms with Gasteiger partial charge in [0.1, 0.15) is 5.82 Å². The van der Waals surface area contributed by atoms with E-state index in [4.69, 9.17) is 5.11 Å². The smallest absolute Gasteiger partial charge is 0.307 e. The van der Waals surface area contributed by atoms with Crippen molar-refractivity contribution in [2.45, 2.75) is 11.3 Å². The summed E-state index contributed by atoms with van der Waals surface area (Å²) in [5, 5.41) is 9.94. The first-order chi connectivity index (χ1) is 13.2. The first-order valence-corrected chi connectivity index (χ1v) is 9.72. The van der Waals surface area contributed by atoms with Gasteiger partial charge >= 0.3 is 5.97 Å². The molecule has 0 saturated carbocycles. The van der Waals surface area contributed by atoms with Gasteiger partial charge in [0.2, 0.25) is 10.0 Å². The second-order valence-corrected chi connectivity index (χ2v) is 8.03. The second kappa shape index (κ2) is 7.49. The highest BCUT2D eigenvalue weighted by atomic mass is 32.2. The highest BCUT2D eigenvalue weighted by Gasteiger charge is 2.17. The average Bonchev–Trinajstić information content (AvgIpc) is 2.66. The normalized spacial score (nSPS) is 11.5. The lowest BCUT2D eigenvalue weighted by atomic mass is 9.94. The fraction of sp³-hybridized carbons (Fsp3) is 0.100. The van der Waals surface area contributed by atoms with E-state index in [1.807, 2.05) is 0 Å². The highest BCUT2D eigenvalue weighted by Crippen LogP contribution is 2.26. The van der Waals surface area contributed by atoms with Gasteiger partial charge in [-0.05, 0) is 65.8 Å². The maximum atomic E-state index is 13.7. The summed E-state index contributed by atoms with van der Waals surface area (Å²) >= 11 is 0. The summed E-state index contributed by atoms with van der Waals surface area (Å²) in [5.41, 5.74) is 0.759. The third kappa shape index (κ3) is 3.92. The van der Waals surface area contributed by atoms with Crippen molar-refractivity contribution in [3.05, 3.63) is 77.1 Å². The van der Waals surface area contributed by atoms with Crippen molar-refractivity contribution in [2.75, 3.05) is 7.05 Å². The van der Waals surface area contributed by atoms with Crippen LogP contribution in [0.15, 0.2) is 59.5 Å². The molecule has 0 aliphatic heterocycles. The van der Waals surface area contributed by atoms with Crippen LogP contribution >= 0.6 is 0 Å². The van der Waals surface area contributed by atoms with Gasteiger partial charge in [0.25, 0.3) is 0 Å². The molecule has 0 amide bonds. The molecule has 6 nitrogen and oxygen atoms in total. The van der Waals surface area contributed by atoms with Crippen LogP contribution in [0, 0.1) is 5.82 Å². The molecule has 0 saturated heterocycles. The van der Waals surface area contributed by atoms with Gasteiger partial charge in [0.15, 0.2) is 5.78 Å². The predicted molar refractivity (Wildman–Crippen MR) is 101 cm³/mol. The molecule has 28 heavy (non-hydrogen) atoms. The Labute approximate surface area is 160 Å². The summed E-state index contributed by atoms with van der Waals surface area (Å²) in [5.74, 6) is -2.04. The molecule has 0 spiro atoms. The number of hydrogen-bond donors (Lipinski definition) is 2. The summed E-state index contributed by atoms with van der Waals surface area (Å²) in [4.78, 5) is 24.1. The van der Waals surface area contributed by atoms with Crippen LogP contribution in [-0.2, 0) is 21.2 Å². The molecule has 0 unspecified atom stereocenters. The van der Waals surface area contributed by atoms with Crippen molar-refractivity contribution in [2.24, 2.45) is 0 Å². The standard InChI is InChI=1S/C20H16FNO5S/c1-22-28(26,27)16-6-3-13(4-7-16)20(25)18-9-12(10-19(23)24)8-14-2-5-15(21)11-17(14)18/h2-9,11,22H,10H2,1H3,(H,23,24). The number of carbonyl (C=O) groups is 2. The molecule has 144 valence electrons. The van der Waals surface area contributed by atoms with E-state index in [1.54, 1.807) is 6.07 Å². The van der Waals surface area contributed by atoms with Crippen molar-refractivity contribution in [3.63, 3.8) is 0 Å². The van der Waals surface area contributed by atoms with E-state index in [-0.39, 0.29) is 22.4 Å². The van der Waals surface area contributed by atoms with Crippen LogP contribution in [0.2, 0.25) is 0 Å². The van der Waals surface area contributed by atoms with Gasteiger partial charge in [0, 0.05) is 11.1 Å². The molecule has 3 aromatic carbocycles. The number of hydrogen-bond acceptors (Lipinski definition) is 4. The molecular weight excluding hydrogens is 385 g/mol. The topological polar surface area (TPSA) is 101 Å².